The number of carbonyl (C=O) groups excluding carboxylic acids is 1. The second-order valence-electron chi connectivity index (χ2n) is 5.22. The first-order valence-electron chi connectivity index (χ1n) is 7.21. The smallest absolute Gasteiger partial charge is 0.221 e. The van der Waals surface area contributed by atoms with Crippen LogP contribution in [-0.2, 0) is 14.6 Å². The Labute approximate surface area is 135 Å². The van der Waals surface area contributed by atoms with Crippen LogP contribution in [0.2, 0.25) is 0 Å². The zero-order chi connectivity index (χ0) is 16.9. The predicted molar refractivity (Wildman–Crippen MR) is 86.1 cm³/mol. The van der Waals surface area contributed by atoms with Gasteiger partial charge in [-0.3, -0.25) is 4.79 Å². The van der Waals surface area contributed by atoms with E-state index in [1.165, 1.54) is 24.3 Å². The molecule has 2 rings (SSSR count). The van der Waals surface area contributed by atoms with Gasteiger partial charge >= 0.3 is 0 Å². The molecule has 2 aromatic carbocycles. The number of amides is 1. The van der Waals surface area contributed by atoms with Gasteiger partial charge in [-0.2, -0.15) is 0 Å². The maximum Gasteiger partial charge on any atom is 0.221 e. The molecule has 1 atom stereocenters. The van der Waals surface area contributed by atoms with Gasteiger partial charge < -0.3 is 5.32 Å². The minimum Gasteiger partial charge on any atom is -0.350 e. The van der Waals surface area contributed by atoms with E-state index in [1.54, 1.807) is 37.3 Å². The molecule has 1 N–H and O–H groups in total. The fourth-order valence-corrected chi connectivity index (χ4v) is 3.38. The van der Waals surface area contributed by atoms with E-state index in [0.717, 1.165) is 5.56 Å². The van der Waals surface area contributed by atoms with Crippen LogP contribution < -0.4 is 5.32 Å². The number of hydrogen-bond donors (Lipinski definition) is 1. The second-order valence-corrected chi connectivity index (χ2v) is 7.33. The molecule has 0 aromatic heterocycles. The Balaban J connectivity index is 1.91. The normalized spacial score (nSPS) is 12.6. The standard InChI is InChI=1S/C17H18FNO3S/c1-13(14-7-9-15(18)10-8-14)19-17(20)11-12-23(21,22)16-5-3-2-4-6-16/h2-10,13H,11-12H2,1H3,(H,19,20)/t13-/m1/s1. The third-order valence-electron chi connectivity index (χ3n) is 3.45. The summed E-state index contributed by atoms with van der Waals surface area (Å²) >= 11 is 0. The lowest BCUT2D eigenvalue weighted by atomic mass is 10.1. The molecule has 0 unspecified atom stereocenters. The Hall–Kier alpha value is -2.21. The molecule has 122 valence electrons. The number of sulfone groups is 1. The van der Waals surface area contributed by atoms with Gasteiger partial charge in [0.2, 0.25) is 5.91 Å². The number of benzene rings is 2. The van der Waals surface area contributed by atoms with Crippen molar-refractivity contribution in [2.24, 2.45) is 0 Å². The monoisotopic (exact) mass is 335 g/mol. The first-order chi connectivity index (χ1) is 10.9. The summed E-state index contributed by atoms with van der Waals surface area (Å²) < 4.78 is 37.1. The highest BCUT2D eigenvalue weighted by Gasteiger charge is 2.17. The number of hydrogen-bond acceptors (Lipinski definition) is 3. The van der Waals surface area contributed by atoms with Gasteiger partial charge in [-0.1, -0.05) is 30.3 Å². The van der Waals surface area contributed by atoms with Crippen molar-refractivity contribution < 1.29 is 17.6 Å². The first-order valence-corrected chi connectivity index (χ1v) is 8.86. The third kappa shape index (κ3) is 4.89. The molecule has 0 saturated heterocycles. The molecule has 23 heavy (non-hydrogen) atoms. The van der Waals surface area contributed by atoms with Crippen LogP contribution in [0, 0.1) is 5.82 Å². The van der Waals surface area contributed by atoms with Crippen LogP contribution in [0.15, 0.2) is 59.5 Å². The summed E-state index contributed by atoms with van der Waals surface area (Å²) in [5.41, 5.74) is 0.755. The fraction of sp³-hybridized carbons (Fsp3) is 0.235. The molecule has 0 heterocycles. The van der Waals surface area contributed by atoms with Crippen LogP contribution in [-0.4, -0.2) is 20.1 Å². The van der Waals surface area contributed by atoms with Gasteiger partial charge in [0.15, 0.2) is 9.84 Å². The maximum absolute atomic E-state index is 12.9. The summed E-state index contributed by atoms with van der Waals surface area (Å²) in [5, 5.41) is 2.71. The van der Waals surface area contributed by atoms with Crippen molar-refractivity contribution in [2.45, 2.75) is 24.3 Å². The summed E-state index contributed by atoms with van der Waals surface area (Å²) in [4.78, 5) is 12.1. The maximum atomic E-state index is 12.9. The lowest BCUT2D eigenvalue weighted by molar-refractivity contribution is -0.121. The minimum atomic E-state index is -3.47. The Morgan fingerprint density at radius 3 is 2.30 bits per heavy atom. The number of nitrogens with one attached hydrogen (secondary N) is 1. The van der Waals surface area contributed by atoms with Gasteiger partial charge in [0.05, 0.1) is 16.7 Å². The van der Waals surface area contributed by atoms with Crippen molar-refractivity contribution in [3.05, 3.63) is 66.0 Å². The molecule has 0 aliphatic rings. The van der Waals surface area contributed by atoms with E-state index in [-0.39, 0.29) is 34.8 Å². The van der Waals surface area contributed by atoms with Crippen LogP contribution in [0.4, 0.5) is 4.39 Å². The molecule has 1 amide bonds. The quantitative estimate of drug-likeness (QED) is 0.883. The highest BCUT2D eigenvalue weighted by Crippen LogP contribution is 2.14. The summed E-state index contributed by atoms with van der Waals surface area (Å²) in [6.45, 7) is 1.76. The zero-order valence-corrected chi connectivity index (χ0v) is 13.5. The molecule has 0 fully saturated rings. The molecular formula is C17H18FNO3S. The van der Waals surface area contributed by atoms with Gasteiger partial charge in [0.1, 0.15) is 5.82 Å². The Morgan fingerprint density at radius 1 is 1.09 bits per heavy atom. The van der Waals surface area contributed by atoms with Crippen molar-refractivity contribution in [1.82, 2.24) is 5.32 Å². The molecule has 0 aliphatic heterocycles. The Kier molecular flexibility index (Phi) is 5.50. The molecule has 0 aliphatic carbocycles. The number of rotatable bonds is 6. The molecule has 2 aromatic rings. The molecule has 0 saturated carbocycles. The van der Waals surface area contributed by atoms with Gasteiger partial charge in [-0.25, -0.2) is 12.8 Å². The average molecular weight is 335 g/mol. The van der Waals surface area contributed by atoms with Crippen LogP contribution in [0.5, 0.6) is 0 Å². The highest BCUT2D eigenvalue weighted by molar-refractivity contribution is 7.91. The molecule has 0 spiro atoms. The van der Waals surface area contributed by atoms with Crippen molar-refractivity contribution in [3.63, 3.8) is 0 Å². The largest absolute Gasteiger partial charge is 0.350 e. The second kappa shape index (κ2) is 7.37. The fourth-order valence-electron chi connectivity index (χ4n) is 2.12. The van der Waals surface area contributed by atoms with Crippen molar-refractivity contribution in [1.29, 1.82) is 0 Å². The van der Waals surface area contributed by atoms with E-state index in [1.807, 2.05) is 0 Å². The number of halogens is 1. The lowest BCUT2D eigenvalue weighted by Crippen LogP contribution is -2.28. The molecule has 6 heteroatoms. The molecule has 0 bridgehead atoms. The third-order valence-corrected chi connectivity index (χ3v) is 5.18. The van der Waals surface area contributed by atoms with Crippen LogP contribution in [0.25, 0.3) is 0 Å². The van der Waals surface area contributed by atoms with Gasteiger partial charge in [-0.15, -0.1) is 0 Å². The predicted octanol–water partition coefficient (Wildman–Crippen LogP) is 2.87. The summed E-state index contributed by atoms with van der Waals surface area (Å²) in [7, 11) is -3.47. The average Bonchev–Trinajstić information content (AvgIpc) is 2.54. The highest BCUT2D eigenvalue weighted by atomic mass is 32.2. The van der Waals surface area contributed by atoms with E-state index in [4.69, 9.17) is 0 Å². The minimum absolute atomic E-state index is 0.122. The van der Waals surface area contributed by atoms with E-state index in [2.05, 4.69) is 5.32 Å². The van der Waals surface area contributed by atoms with Crippen LogP contribution >= 0.6 is 0 Å². The van der Waals surface area contributed by atoms with Crippen molar-refractivity contribution in [3.8, 4) is 0 Å². The van der Waals surface area contributed by atoms with E-state index >= 15 is 0 Å². The zero-order valence-electron chi connectivity index (χ0n) is 12.7. The van der Waals surface area contributed by atoms with Crippen LogP contribution in [0.3, 0.4) is 0 Å². The van der Waals surface area contributed by atoms with Gasteiger partial charge in [-0.05, 0) is 36.8 Å². The van der Waals surface area contributed by atoms with Gasteiger partial charge in [0.25, 0.3) is 0 Å². The summed E-state index contributed by atoms with van der Waals surface area (Å²) in [5.74, 6) is -0.957. The number of carbonyl (C=O) groups is 1. The first kappa shape index (κ1) is 17.1. The SMILES string of the molecule is C[C@@H](NC(=O)CCS(=O)(=O)c1ccccc1)c1ccc(F)cc1. The molecule has 4 nitrogen and oxygen atoms in total. The lowest BCUT2D eigenvalue weighted by Gasteiger charge is -2.14. The van der Waals surface area contributed by atoms with Crippen molar-refractivity contribution >= 4 is 15.7 Å². The van der Waals surface area contributed by atoms with E-state index < -0.39 is 9.84 Å². The molecular weight excluding hydrogens is 317 g/mol. The van der Waals surface area contributed by atoms with Gasteiger partial charge in [0, 0.05) is 6.42 Å². The summed E-state index contributed by atoms with van der Waals surface area (Å²) in [6, 6.07) is 13.5. The summed E-state index contributed by atoms with van der Waals surface area (Å²) in [6.07, 6.45) is -0.122. The van der Waals surface area contributed by atoms with E-state index in [9.17, 15) is 17.6 Å². The Morgan fingerprint density at radius 2 is 1.70 bits per heavy atom. The molecule has 0 radical (unpaired) electrons. The van der Waals surface area contributed by atoms with Crippen LogP contribution in [0.1, 0.15) is 24.9 Å². The Bertz CT molecular complexity index is 758. The topological polar surface area (TPSA) is 63.2 Å². The van der Waals surface area contributed by atoms with Crippen molar-refractivity contribution in [2.75, 3.05) is 5.75 Å². The van der Waals surface area contributed by atoms with E-state index in [0.29, 0.717) is 0 Å².